The number of likely N-dealkylation sites (tertiary alicyclic amines) is 1. The molecule has 2 atom stereocenters. The van der Waals surface area contributed by atoms with Crippen molar-refractivity contribution in [2.24, 2.45) is 0 Å². The van der Waals surface area contributed by atoms with Crippen LogP contribution in [0.4, 0.5) is 8.78 Å². The third-order valence-corrected chi connectivity index (χ3v) is 7.46. The minimum Gasteiger partial charge on any atom is -0.487 e. The van der Waals surface area contributed by atoms with E-state index >= 15 is 0 Å². The number of aliphatic hydroxyl groups is 1. The van der Waals surface area contributed by atoms with E-state index < -0.39 is 29.7 Å². The van der Waals surface area contributed by atoms with Crippen LogP contribution in [0, 0.1) is 11.6 Å². The second-order valence-corrected chi connectivity index (χ2v) is 10.4. The average molecular weight is 535 g/mol. The van der Waals surface area contributed by atoms with Crippen LogP contribution in [0.25, 0.3) is 11.1 Å². The van der Waals surface area contributed by atoms with Crippen molar-refractivity contribution >= 4 is 11.7 Å². The second-order valence-electron chi connectivity index (χ2n) is 10.4. The molecule has 0 radical (unpaired) electrons. The first-order valence-corrected chi connectivity index (χ1v) is 13.3. The van der Waals surface area contributed by atoms with E-state index in [1.807, 2.05) is 0 Å². The normalized spacial score (nSPS) is 17.0. The quantitative estimate of drug-likeness (QED) is 0.293. The van der Waals surface area contributed by atoms with Crippen molar-refractivity contribution in [1.82, 2.24) is 9.80 Å². The van der Waals surface area contributed by atoms with Crippen molar-refractivity contribution in [3.05, 3.63) is 89.5 Å². The lowest BCUT2D eigenvalue weighted by molar-refractivity contribution is -0.130. The Morgan fingerprint density at radius 3 is 2.18 bits per heavy atom. The van der Waals surface area contributed by atoms with Crippen LogP contribution < -0.4 is 4.74 Å². The molecule has 0 unspecified atom stereocenters. The first kappa shape index (κ1) is 27.0. The van der Waals surface area contributed by atoms with Gasteiger partial charge in [-0.05, 0) is 79.7 Å². The summed E-state index contributed by atoms with van der Waals surface area (Å²) in [6.07, 6.45) is 2.66. The number of halogens is 2. The fraction of sp³-hybridized carbons (Fsp3) is 0.355. The van der Waals surface area contributed by atoms with Gasteiger partial charge in [0.05, 0.1) is 12.1 Å². The van der Waals surface area contributed by atoms with E-state index in [4.69, 9.17) is 4.74 Å². The van der Waals surface area contributed by atoms with Gasteiger partial charge in [0.15, 0.2) is 11.6 Å². The standard InChI is InChI=1S/C31H32F2N2O4/c1-34(31(38)30(37)22-6-4-20(5-7-22)21-8-11-24(32)12-9-21)27(19-35-16-2-3-17-35)29(36)23-10-15-28(26(33)18-23)39-25-13-14-25/h4-12,15,18,25,27,29,36H,2-3,13-14,16-17,19H2,1H3/t27-,29-/m1/s1. The lowest BCUT2D eigenvalue weighted by Gasteiger charge is -2.34. The van der Waals surface area contributed by atoms with Gasteiger partial charge in [-0.3, -0.25) is 9.59 Å². The molecule has 2 fully saturated rings. The molecule has 1 saturated carbocycles. The Kier molecular flexibility index (Phi) is 8.04. The summed E-state index contributed by atoms with van der Waals surface area (Å²) in [7, 11) is 1.50. The lowest BCUT2D eigenvalue weighted by Crippen LogP contribution is -2.49. The zero-order valence-corrected chi connectivity index (χ0v) is 21.9. The third-order valence-electron chi connectivity index (χ3n) is 7.46. The third kappa shape index (κ3) is 6.34. The number of ketones is 1. The van der Waals surface area contributed by atoms with E-state index in [1.165, 1.54) is 36.2 Å². The van der Waals surface area contributed by atoms with Crippen molar-refractivity contribution in [1.29, 1.82) is 0 Å². The van der Waals surface area contributed by atoms with Gasteiger partial charge < -0.3 is 19.6 Å². The van der Waals surface area contributed by atoms with Crippen LogP contribution in [0.5, 0.6) is 5.75 Å². The van der Waals surface area contributed by atoms with Gasteiger partial charge in [-0.2, -0.15) is 0 Å². The highest BCUT2D eigenvalue weighted by Gasteiger charge is 2.34. The molecule has 5 rings (SSSR count). The number of benzene rings is 3. The predicted molar refractivity (Wildman–Crippen MR) is 143 cm³/mol. The highest BCUT2D eigenvalue weighted by atomic mass is 19.1. The van der Waals surface area contributed by atoms with E-state index in [-0.39, 0.29) is 23.2 Å². The molecule has 1 heterocycles. The smallest absolute Gasteiger partial charge is 0.295 e. The van der Waals surface area contributed by atoms with E-state index in [2.05, 4.69) is 4.90 Å². The van der Waals surface area contributed by atoms with Crippen LogP contribution in [0.1, 0.15) is 47.7 Å². The maximum Gasteiger partial charge on any atom is 0.295 e. The van der Waals surface area contributed by atoms with Gasteiger partial charge in [-0.25, -0.2) is 8.78 Å². The van der Waals surface area contributed by atoms with Crippen LogP contribution in [0.15, 0.2) is 66.7 Å². The highest BCUT2D eigenvalue weighted by Crippen LogP contribution is 2.31. The molecule has 0 aromatic heterocycles. The molecule has 39 heavy (non-hydrogen) atoms. The average Bonchev–Trinajstić information content (AvgIpc) is 3.62. The fourth-order valence-corrected chi connectivity index (χ4v) is 4.94. The van der Waals surface area contributed by atoms with Gasteiger partial charge in [0.2, 0.25) is 5.78 Å². The summed E-state index contributed by atoms with van der Waals surface area (Å²) in [6, 6.07) is 16.1. The highest BCUT2D eigenvalue weighted by molar-refractivity contribution is 6.42. The number of nitrogens with zero attached hydrogens (tertiary/aromatic N) is 2. The number of aliphatic hydroxyl groups excluding tert-OH is 1. The number of carbonyl (C=O) groups excluding carboxylic acids is 2. The van der Waals surface area contributed by atoms with E-state index in [1.54, 1.807) is 42.5 Å². The number of hydrogen-bond donors (Lipinski definition) is 1. The summed E-state index contributed by atoms with van der Waals surface area (Å²) in [4.78, 5) is 29.9. The number of carbonyl (C=O) groups is 2. The summed E-state index contributed by atoms with van der Waals surface area (Å²) in [6.45, 7) is 2.00. The number of Topliss-reactive ketones (excluding diaryl/α,β-unsaturated/α-hetero) is 1. The molecule has 1 amide bonds. The summed E-state index contributed by atoms with van der Waals surface area (Å²) in [5.41, 5.74) is 2.09. The van der Waals surface area contributed by atoms with Crippen molar-refractivity contribution in [3.8, 4) is 16.9 Å². The van der Waals surface area contributed by atoms with Gasteiger partial charge in [0.25, 0.3) is 5.91 Å². The van der Waals surface area contributed by atoms with E-state index in [0.717, 1.165) is 49.9 Å². The van der Waals surface area contributed by atoms with Crippen LogP contribution in [0.2, 0.25) is 0 Å². The molecule has 0 spiro atoms. The minimum absolute atomic E-state index is 0.0395. The molecular weight excluding hydrogens is 502 g/mol. The molecule has 6 nitrogen and oxygen atoms in total. The van der Waals surface area contributed by atoms with Gasteiger partial charge in [0, 0.05) is 19.2 Å². The predicted octanol–water partition coefficient (Wildman–Crippen LogP) is 5.01. The van der Waals surface area contributed by atoms with Gasteiger partial charge in [-0.1, -0.05) is 42.5 Å². The molecule has 204 valence electrons. The summed E-state index contributed by atoms with van der Waals surface area (Å²) >= 11 is 0. The lowest BCUT2D eigenvalue weighted by atomic mass is 9.98. The Bertz CT molecular complexity index is 1320. The number of hydrogen-bond acceptors (Lipinski definition) is 5. The topological polar surface area (TPSA) is 70.1 Å². The maximum atomic E-state index is 14.8. The summed E-state index contributed by atoms with van der Waals surface area (Å²) in [5.74, 6) is -2.23. The molecular formula is C31H32F2N2O4. The molecule has 3 aromatic rings. The summed E-state index contributed by atoms with van der Waals surface area (Å²) in [5, 5.41) is 11.3. The molecule has 1 N–H and O–H groups in total. The Morgan fingerprint density at radius 2 is 1.59 bits per heavy atom. The molecule has 1 saturated heterocycles. The molecule has 1 aliphatic heterocycles. The monoisotopic (exact) mass is 534 g/mol. The SMILES string of the molecule is CN(C(=O)C(=O)c1ccc(-c2ccc(F)cc2)cc1)[C@H](CN1CCCC1)[C@H](O)c1ccc(OC2CC2)c(F)c1. The van der Waals surface area contributed by atoms with Crippen LogP contribution in [0.3, 0.4) is 0 Å². The molecule has 2 aliphatic rings. The zero-order valence-electron chi connectivity index (χ0n) is 21.9. The van der Waals surface area contributed by atoms with E-state index in [9.17, 15) is 23.5 Å². The Balaban J connectivity index is 1.33. The Labute approximate surface area is 226 Å². The van der Waals surface area contributed by atoms with Crippen molar-refractivity contribution in [2.75, 3.05) is 26.7 Å². The minimum atomic E-state index is -1.21. The molecule has 3 aromatic carbocycles. The first-order valence-electron chi connectivity index (χ1n) is 13.3. The molecule has 8 heteroatoms. The van der Waals surface area contributed by atoms with Crippen molar-refractivity contribution < 1.29 is 28.2 Å². The number of amides is 1. The van der Waals surface area contributed by atoms with Gasteiger partial charge in [0.1, 0.15) is 11.9 Å². The fourth-order valence-electron chi connectivity index (χ4n) is 4.94. The Morgan fingerprint density at radius 1 is 0.974 bits per heavy atom. The maximum absolute atomic E-state index is 14.8. The Hall–Kier alpha value is -3.62. The van der Waals surface area contributed by atoms with Crippen molar-refractivity contribution in [3.63, 3.8) is 0 Å². The molecule has 1 aliphatic carbocycles. The molecule has 0 bridgehead atoms. The first-order chi connectivity index (χ1) is 18.8. The largest absolute Gasteiger partial charge is 0.487 e. The summed E-state index contributed by atoms with van der Waals surface area (Å²) < 4.78 is 33.6. The van der Waals surface area contributed by atoms with E-state index in [0.29, 0.717) is 12.1 Å². The van der Waals surface area contributed by atoms with Gasteiger partial charge >= 0.3 is 0 Å². The van der Waals surface area contributed by atoms with Gasteiger partial charge in [-0.15, -0.1) is 0 Å². The van der Waals surface area contributed by atoms with Crippen LogP contribution >= 0.6 is 0 Å². The van der Waals surface area contributed by atoms with Crippen molar-refractivity contribution in [2.45, 2.75) is 43.9 Å². The second kappa shape index (κ2) is 11.6. The van der Waals surface area contributed by atoms with Crippen LogP contribution in [-0.2, 0) is 4.79 Å². The number of rotatable bonds is 10. The number of ether oxygens (including phenoxy) is 1. The number of likely N-dealkylation sites (N-methyl/N-ethyl adjacent to an activating group) is 1. The zero-order chi connectivity index (χ0) is 27.5. The van der Waals surface area contributed by atoms with Crippen LogP contribution in [-0.4, -0.2) is 65.4 Å².